The Morgan fingerprint density at radius 1 is 1.14 bits per heavy atom. The molecule has 1 aliphatic heterocycles. The van der Waals surface area contributed by atoms with Crippen molar-refractivity contribution in [2.24, 2.45) is 5.73 Å². The summed E-state index contributed by atoms with van der Waals surface area (Å²) in [5.41, 5.74) is 4.86. The second kappa shape index (κ2) is 8.61. The van der Waals surface area contributed by atoms with Crippen LogP contribution in [0, 0.1) is 0 Å². The predicted octanol–water partition coefficient (Wildman–Crippen LogP) is -3.02. The number of ether oxygens (including phenoxy) is 1. The van der Waals surface area contributed by atoms with E-state index in [1.54, 1.807) is 6.92 Å². The molecule has 8 atom stereocenters. The number of thioether (sulfide) groups is 1. The van der Waals surface area contributed by atoms with Crippen molar-refractivity contribution in [3.63, 3.8) is 0 Å². The Balaban J connectivity index is 2.53. The topological polar surface area (TPSA) is 157 Å². The lowest BCUT2D eigenvalue weighted by Crippen LogP contribution is -2.58. The quantitative estimate of drug-likeness (QED) is 0.258. The highest BCUT2D eigenvalue weighted by Crippen LogP contribution is 2.29. The number of aliphatic hydroxyl groups excluding tert-OH is 6. The fourth-order valence-electron chi connectivity index (χ4n) is 2.04. The second-order valence-electron chi connectivity index (χ2n) is 5.16. The molecule has 0 amide bonds. The molecule has 1 saturated heterocycles. The molecule has 0 aromatic carbocycles. The molecule has 0 aliphatic carbocycles. The van der Waals surface area contributed by atoms with Crippen LogP contribution >= 0.6 is 11.8 Å². The lowest BCUT2D eigenvalue weighted by atomic mass is 10.0. The Hall–Kier alpha value is 0.0300. The predicted molar refractivity (Wildman–Crippen MR) is 76.5 cm³/mol. The van der Waals surface area contributed by atoms with Gasteiger partial charge in [0.05, 0.1) is 18.8 Å². The van der Waals surface area contributed by atoms with Crippen molar-refractivity contribution >= 4 is 11.8 Å². The molecule has 1 aliphatic rings. The summed E-state index contributed by atoms with van der Waals surface area (Å²) in [6.45, 7) is 1.22. The third-order valence-corrected chi connectivity index (χ3v) is 4.85. The van der Waals surface area contributed by atoms with Crippen LogP contribution in [0.3, 0.4) is 0 Å². The number of hydrogen-bond acceptors (Lipinski definition) is 9. The molecule has 8 N–H and O–H groups in total. The average molecular weight is 327 g/mol. The highest BCUT2D eigenvalue weighted by atomic mass is 32.2. The maximum atomic E-state index is 9.84. The summed E-state index contributed by atoms with van der Waals surface area (Å²) >= 11 is 1.04. The minimum absolute atomic E-state index is 0.168. The number of hydrogen-bond donors (Lipinski definition) is 7. The van der Waals surface area contributed by atoms with E-state index in [1.165, 1.54) is 0 Å². The van der Waals surface area contributed by atoms with E-state index < -0.39 is 54.7 Å². The molecule has 3 unspecified atom stereocenters. The fourth-order valence-corrected chi connectivity index (χ4v) is 3.23. The molecule has 9 heteroatoms. The largest absolute Gasteiger partial charge is 0.394 e. The third-order valence-electron chi connectivity index (χ3n) is 3.55. The first-order chi connectivity index (χ1) is 9.83. The summed E-state index contributed by atoms with van der Waals surface area (Å²) in [5.74, 6) is 0.168. The molecule has 0 aromatic heterocycles. The van der Waals surface area contributed by atoms with Crippen LogP contribution in [0.1, 0.15) is 13.3 Å². The smallest absolute Gasteiger partial charge is 0.132 e. The van der Waals surface area contributed by atoms with E-state index in [1.807, 2.05) is 0 Å². The van der Waals surface area contributed by atoms with Crippen molar-refractivity contribution in [1.82, 2.24) is 0 Å². The van der Waals surface area contributed by atoms with E-state index in [4.69, 9.17) is 15.6 Å². The van der Waals surface area contributed by atoms with Gasteiger partial charge in [0.2, 0.25) is 0 Å². The normalized spacial score (nSPS) is 38.0. The second-order valence-corrected chi connectivity index (χ2v) is 6.29. The van der Waals surface area contributed by atoms with Crippen LogP contribution in [0.25, 0.3) is 0 Å². The van der Waals surface area contributed by atoms with Crippen LogP contribution in [0.2, 0.25) is 0 Å². The van der Waals surface area contributed by atoms with E-state index >= 15 is 0 Å². The molecule has 1 rings (SSSR count). The van der Waals surface area contributed by atoms with E-state index in [0.29, 0.717) is 6.42 Å². The molecule has 0 spiro atoms. The number of nitrogens with two attached hydrogens (primary N) is 1. The van der Waals surface area contributed by atoms with Crippen LogP contribution in [0.4, 0.5) is 0 Å². The van der Waals surface area contributed by atoms with Gasteiger partial charge in [0.25, 0.3) is 0 Å². The van der Waals surface area contributed by atoms with Crippen molar-refractivity contribution < 1.29 is 35.4 Å². The van der Waals surface area contributed by atoms with Crippen LogP contribution in [0.15, 0.2) is 0 Å². The minimum Gasteiger partial charge on any atom is -0.394 e. The van der Waals surface area contributed by atoms with Gasteiger partial charge in [-0.25, -0.2) is 0 Å². The molecule has 1 fully saturated rings. The Bertz CT molecular complexity index is 309. The summed E-state index contributed by atoms with van der Waals surface area (Å²) in [6, 6.07) is -0.739. The third kappa shape index (κ3) is 4.75. The Labute approximate surface area is 127 Å². The Morgan fingerprint density at radius 2 is 1.76 bits per heavy atom. The molecule has 0 aromatic rings. The van der Waals surface area contributed by atoms with E-state index in [0.717, 1.165) is 11.8 Å². The Kier molecular flexibility index (Phi) is 7.82. The zero-order chi connectivity index (χ0) is 16.2. The monoisotopic (exact) mass is 327 g/mol. The molecule has 8 nitrogen and oxygen atoms in total. The fraction of sp³-hybridized carbons (Fsp3) is 1.00. The standard InChI is InChI=1S/C12H25NO7S/c1-2-6(15)8(16)5(13)4-21-12-11(19)10(18)9(17)7(3-14)20-12/h5-12,14-19H,2-4,13H2,1H3/t5-,6+,7?,8-,9-,10?,11?,12+/m0/s1. The summed E-state index contributed by atoms with van der Waals surface area (Å²) in [7, 11) is 0. The van der Waals surface area contributed by atoms with Gasteiger partial charge in [0.1, 0.15) is 29.9 Å². The lowest BCUT2D eigenvalue weighted by molar-refractivity contribution is -0.205. The van der Waals surface area contributed by atoms with Crippen molar-refractivity contribution in [1.29, 1.82) is 0 Å². The van der Waals surface area contributed by atoms with E-state index in [2.05, 4.69) is 0 Å². The first-order valence-corrected chi connectivity index (χ1v) is 7.92. The van der Waals surface area contributed by atoms with Gasteiger partial charge in [-0.2, -0.15) is 0 Å². The molecular formula is C12H25NO7S. The first kappa shape index (κ1) is 19.1. The summed E-state index contributed by atoms with van der Waals surface area (Å²) in [6.07, 6.45) is -6.82. The number of aliphatic hydroxyl groups is 6. The molecule has 0 saturated carbocycles. The van der Waals surface area contributed by atoms with Gasteiger partial charge in [0.15, 0.2) is 0 Å². The molecule has 0 bridgehead atoms. The van der Waals surface area contributed by atoms with Gasteiger partial charge in [-0.1, -0.05) is 6.92 Å². The van der Waals surface area contributed by atoms with Gasteiger partial charge >= 0.3 is 0 Å². The van der Waals surface area contributed by atoms with Gasteiger partial charge in [-0.15, -0.1) is 11.8 Å². The maximum Gasteiger partial charge on any atom is 0.132 e. The van der Waals surface area contributed by atoms with Crippen molar-refractivity contribution in [2.45, 2.75) is 61.4 Å². The molecular weight excluding hydrogens is 302 g/mol. The first-order valence-electron chi connectivity index (χ1n) is 6.87. The van der Waals surface area contributed by atoms with Crippen molar-refractivity contribution in [3.05, 3.63) is 0 Å². The summed E-state index contributed by atoms with van der Waals surface area (Å²) < 4.78 is 5.30. The van der Waals surface area contributed by atoms with E-state index in [-0.39, 0.29) is 5.75 Å². The highest BCUT2D eigenvalue weighted by Gasteiger charge is 2.43. The molecule has 126 valence electrons. The SMILES string of the molecule is CC[C@@H](O)[C@@H](O)[C@@H](N)CS[C@H]1OC(CO)[C@H](O)C(O)C1O. The van der Waals surface area contributed by atoms with Gasteiger partial charge < -0.3 is 41.1 Å². The molecule has 21 heavy (non-hydrogen) atoms. The zero-order valence-corrected chi connectivity index (χ0v) is 12.6. The van der Waals surface area contributed by atoms with Crippen LogP contribution in [-0.2, 0) is 4.74 Å². The van der Waals surface area contributed by atoms with Crippen molar-refractivity contribution in [3.8, 4) is 0 Å². The van der Waals surface area contributed by atoms with Crippen LogP contribution in [0.5, 0.6) is 0 Å². The summed E-state index contributed by atoms with van der Waals surface area (Å²) in [5, 5.41) is 57.5. The van der Waals surface area contributed by atoms with Gasteiger partial charge in [-0.05, 0) is 6.42 Å². The maximum absolute atomic E-state index is 9.84. The minimum atomic E-state index is -1.43. The molecule has 0 radical (unpaired) electrons. The van der Waals surface area contributed by atoms with E-state index in [9.17, 15) is 25.5 Å². The van der Waals surface area contributed by atoms with Crippen LogP contribution < -0.4 is 5.73 Å². The van der Waals surface area contributed by atoms with Gasteiger partial charge in [-0.3, -0.25) is 0 Å². The molecule has 1 heterocycles. The van der Waals surface area contributed by atoms with Gasteiger partial charge in [0, 0.05) is 11.8 Å². The average Bonchev–Trinajstić information content (AvgIpc) is 2.50. The van der Waals surface area contributed by atoms with Crippen LogP contribution in [-0.4, -0.2) is 91.1 Å². The zero-order valence-electron chi connectivity index (χ0n) is 11.8. The highest BCUT2D eigenvalue weighted by molar-refractivity contribution is 7.99. The summed E-state index contributed by atoms with van der Waals surface area (Å²) in [4.78, 5) is 0. The number of rotatable bonds is 7. The van der Waals surface area contributed by atoms with Crippen molar-refractivity contribution in [2.75, 3.05) is 12.4 Å². The lowest BCUT2D eigenvalue weighted by Gasteiger charge is -2.40. The Morgan fingerprint density at radius 3 is 2.29 bits per heavy atom.